The fraction of sp³-hybridized carbons (Fsp3) is 0.0769. The molecule has 0 unspecified atom stereocenters. The number of hydrogen-bond acceptors (Lipinski definition) is 3. The summed E-state index contributed by atoms with van der Waals surface area (Å²) in [6.07, 6.45) is 1.61. The van der Waals surface area contributed by atoms with Gasteiger partial charge in [0, 0.05) is 18.4 Å². The van der Waals surface area contributed by atoms with Gasteiger partial charge in [0.25, 0.3) is 5.91 Å². The molecule has 2 aromatic rings. The molecule has 0 spiro atoms. The summed E-state index contributed by atoms with van der Waals surface area (Å²) in [4.78, 5) is 15.9. The highest BCUT2D eigenvalue weighted by Crippen LogP contribution is 2.07. The maximum Gasteiger partial charge on any atom is 0.274 e. The molecule has 4 nitrogen and oxygen atoms in total. The van der Waals surface area contributed by atoms with Crippen molar-refractivity contribution in [1.82, 2.24) is 4.98 Å². The largest absolute Gasteiger partial charge is 0.326 e. The topological polar surface area (TPSA) is 68.0 Å². The second-order valence-corrected chi connectivity index (χ2v) is 3.58. The van der Waals surface area contributed by atoms with Gasteiger partial charge in [-0.15, -0.1) is 0 Å². The van der Waals surface area contributed by atoms with E-state index in [1.165, 1.54) is 0 Å². The molecule has 0 atom stereocenters. The first-order chi connectivity index (χ1) is 8.29. The van der Waals surface area contributed by atoms with E-state index in [2.05, 4.69) is 10.3 Å². The Morgan fingerprint density at radius 2 is 1.94 bits per heavy atom. The summed E-state index contributed by atoms with van der Waals surface area (Å²) in [5, 5.41) is 2.76. The van der Waals surface area contributed by atoms with Gasteiger partial charge in [-0.25, -0.2) is 0 Å². The van der Waals surface area contributed by atoms with Gasteiger partial charge in [0.1, 0.15) is 5.69 Å². The van der Waals surface area contributed by atoms with Crippen LogP contribution in [0.25, 0.3) is 0 Å². The van der Waals surface area contributed by atoms with Crippen LogP contribution in [0.2, 0.25) is 0 Å². The van der Waals surface area contributed by atoms with Gasteiger partial charge >= 0.3 is 0 Å². The van der Waals surface area contributed by atoms with Gasteiger partial charge in [0.15, 0.2) is 0 Å². The first-order valence-corrected chi connectivity index (χ1v) is 5.31. The molecule has 3 N–H and O–H groups in total. The first-order valence-electron chi connectivity index (χ1n) is 5.31. The number of pyridine rings is 1. The molecular weight excluding hydrogens is 214 g/mol. The molecule has 1 aromatic carbocycles. The molecule has 2 rings (SSSR count). The van der Waals surface area contributed by atoms with Crippen molar-refractivity contribution in [1.29, 1.82) is 0 Å². The predicted octanol–water partition coefficient (Wildman–Crippen LogP) is 1.79. The van der Waals surface area contributed by atoms with Crippen LogP contribution in [0, 0.1) is 0 Å². The van der Waals surface area contributed by atoms with Gasteiger partial charge in [-0.05, 0) is 23.8 Å². The number of carbonyl (C=O) groups excluding carboxylic acids is 1. The number of amides is 1. The van der Waals surface area contributed by atoms with E-state index in [1.807, 2.05) is 30.3 Å². The van der Waals surface area contributed by atoms with E-state index >= 15 is 0 Å². The Balaban J connectivity index is 2.09. The Morgan fingerprint density at radius 1 is 1.18 bits per heavy atom. The monoisotopic (exact) mass is 227 g/mol. The molecule has 1 amide bonds. The molecule has 0 bridgehead atoms. The molecule has 17 heavy (non-hydrogen) atoms. The van der Waals surface area contributed by atoms with Crippen LogP contribution in [0.4, 0.5) is 5.69 Å². The fourth-order valence-electron chi connectivity index (χ4n) is 1.40. The average Bonchev–Trinajstić information content (AvgIpc) is 2.40. The number of anilines is 1. The number of rotatable bonds is 3. The number of nitrogens with two attached hydrogens (primary N) is 1. The van der Waals surface area contributed by atoms with E-state index in [-0.39, 0.29) is 5.91 Å². The predicted molar refractivity (Wildman–Crippen MR) is 66.5 cm³/mol. The summed E-state index contributed by atoms with van der Waals surface area (Å²) in [6.45, 7) is 0.424. The van der Waals surface area contributed by atoms with Crippen LogP contribution >= 0.6 is 0 Å². The minimum Gasteiger partial charge on any atom is -0.326 e. The lowest BCUT2D eigenvalue weighted by atomic mass is 10.2. The Bertz CT molecular complexity index is 494. The molecular formula is C13H13N3O. The molecule has 1 heterocycles. The second-order valence-electron chi connectivity index (χ2n) is 3.58. The van der Waals surface area contributed by atoms with Crippen molar-refractivity contribution < 1.29 is 4.79 Å². The van der Waals surface area contributed by atoms with Crippen LogP contribution in [-0.2, 0) is 6.54 Å². The highest BCUT2D eigenvalue weighted by molar-refractivity contribution is 6.02. The standard InChI is InChI=1S/C13H13N3O/c14-8-10-6-7-12(15-9-10)13(17)16-11-4-2-1-3-5-11/h1-7,9H,8,14H2,(H,16,17). The molecule has 0 saturated carbocycles. The summed E-state index contributed by atoms with van der Waals surface area (Å²) in [5.74, 6) is -0.222. The maximum atomic E-state index is 11.8. The third-order valence-corrected chi connectivity index (χ3v) is 2.32. The third kappa shape index (κ3) is 2.89. The lowest BCUT2D eigenvalue weighted by molar-refractivity contribution is 0.102. The van der Waals surface area contributed by atoms with Crippen molar-refractivity contribution in [3.8, 4) is 0 Å². The average molecular weight is 227 g/mol. The lowest BCUT2D eigenvalue weighted by Crippen LogP contribution is -2.13. The number of nitrogens with one attached hydrogen (secondary N) is 1. The third-order valence-electron chi connectivity index (χ3n) is 2.32. The number of carbonyl (C=O) groups is 1. The molecule has 0 aliphatic rings. The highest BCUT2D eigenvalue weighted by atomic mass is 16.1. The first kappa shape index (κ1) is 11.3. The Labute approximate surface area is 99.5 Å². The molecule has 0 aliphatic carbocycles. The molecule has 0 saturated heterocycles. The zero-order valence-electron chi connectivity index (χ0n) is 9.26. The highest BCUT2D eigenvalue weighted by Gasteiger charge is 2.06. The number of hydrogen-bond donors (Lipinski definition) is 2. The Kier molecular flexibility index (Phi) is 3.47. The van der Waals surface area contributed by atoms with E-state index < -0.39 is 0 Å². The normalized spacial score (nSPS) is 9.94. The Hall–Kier alpha value is -2.20. The number of nitrogens with zero attached hydrogens (tertiary/aromatic N) is 1. The summed E-state index contributed by atoms with van der Waals surface area (Å²) in [7, 11) is 0. The van der Waals surface area contributed by atoms with Crippen molar-refractivity contribution in [3.05, 3.63) is 59.9 Å². The van der Waals surface area contributed by atoms with Gasteiger partial charge in [0.2, 0.25) is 0 Å². The summed E-state index contributed by atoms with van der Waals surface area (Å²) < 4.78 is 0. The van der Waals surface area contributed by atoms with Crippen molar-refractivity contribution in [2.75, 3.05) is 5.32 Å². The van der Waals surface area contributed by atoms with Gasteiger partial charge in [-0.2, -0.15) is 0 Å². The zero-order chi connectivity index (χ0) is 12.1. The van der Waals surface area contributed by atoms with E-state index in [4.69, 9.17) is 5.73 Å². The van der Waals surface area contributed by atoms with Crippen LogP contribution in [0.15, 0.2) is 48.7 Å². The Morgan fingerprint density at radius 3 is 2.53 bits per heavy atom. The van der Waals surface area contributed by atoms with Crippen LogP contribution < -0.4 is 11.1 Å². The molecule has 1 aromatic heterocycles. The van der Waals surface area contributed by atoms with Crippen molar-refractivity contribution in [2.24, 2.45) is 5.73 Å². The van der Waals surface area contributed by atoms with E-state index in [0.29, 0.717) is 12.2 Å². The molecule has 0 radical (unpaired) electrons. The second kappa shape index (κ2) is 5.23. The number of para-hydroxylation sites is 1. The van der Waals surface area contributed by atoms with Crippen LogP contribution in [0.5, 0.6) is 0 Å². The van der Waals surface area contributed by atoms with Crippen molar-refractivity contribution >= 4 is 11.6 Å². The van der Waals surface area contributed by atoms with E-state index in [9.17, 15) is 4.79 Å². The summed E-state index contributed by atoms with van der Waals surface area (Å²) in [5.41, 5.74) is 7.50. The lowest BCUT2D eigenvalue weighted by Gasteiger charge is -2.04. The van der Waals surface area contributed by atoms with Crippen LogP contribution in [0.3, 0.4) is 0 Å². The summed E-state index contributed by atoms with van der Waals surface area (Å²) in [6, 6.07) is 12.7. The van der Waals surface area contributed by atoms with Crippen molar-refractivity contribution in [2.45, 2.75) is 6.54 Å². The van der Waals surface area contributed by atoms with Gasteiger partial charge < -0.3 is 11.1 Å². The fourth-order valence-corrected chi connectivity index (χ4v) is 1.40. The van der Waals surface area contributed by atoms with Gasteiger partial charge in [-0.3, -0.25) is 9.78 Å². The van der Waals surface area contributed by atoms with Crippen LogP contribution in [0.1, 0.15) is 16.1 Å². The quantitative estimate of drug-likeness (QED) is 0.840. The maximum absolute atomic E-state index is 11.8. The van der Waals surface area contributed by atoms with E-state index in [0.717, 1.165) is 11.3 Å². The van der Waals surface area contributed by atoms with Crippen LogP contribution in [-0.4, -0.2) is 10.9 Å². The van der Waals surface area contributed by atoms with Gasteiger partial charge in [0.05, 0.1) is 0 Å². The van der Waals surface area contributed by atoms with E-state index in [1.54, 1.807) is 18.3 Å². The smallest absolute Gasteiger partial charge is 0.274 e. The number of benzene rings is 1. The zero-order valence-corrected chi connectivity index (χ0v) is 9.26. The molecule has 0 fully saturated rings. The van der Waals surface area contributed by atoms with Gasteiger partial charge in [-0.1, -0.05) is 24.3 Å². The molecule has 4 heteroatoms. The minimum absolute atomic E-state index is 0.222. The molecule has 86 valence electrons. The SMILES string of the molecule is NCc1ccc(C(=O)Nc2ccccc2)nc1. The summed E-state index contributed by atoms with van der Waals surface area (Å²) >= 11 is 0. The molecule has 0 aliphatic heterocycles. The van der Waals surface area contributed by atoms with Crippen molar-refractivity contribution in [3.63, 3.8) is 0 Å². The minimum atomic E-state index is -0.222. The number of aromatic nitrogens is 1.